The highest BCUT2D eigenvalue weighted by molar-refractivity contribution is 5.32. The molecule has 0 aromatic heterocycles. The molecule has 0 aliphatic heterocycles. The largest absolute Gasteiger partial charge is 0.310 e. The zero-order valence-corrected chi connectivity index (χ0v) is 13.1. The molecule has 0 saturated carbocycles. The number of hydrogen-bond donors (Lipinski definition) is 1. The van der Waals surface area contributed by atoms with Gasteiger partial charge in [-0.3, -0.25) is 0 Å². The molecule has 1 atom stereocenters. The summed E-state index contributed by atoms with van der Waals surface area (Å²) in [5.41, 5.74) is 4.51. The Morgan fingerprint density at radius 2 is 1.71 bits per heavy atom. The molecule has 1 nitrogen and oxygen atoms in total. The van der Waals surface area contributed by atoms with Gasteiger partial charge >= 0.3 is 0 Å². The van der Waals surface area contributed by atoms with E-state index in [4.69, 9.17) is 0 Å². The molecule has 2 aromatic carbocycles. The van der Waals surface area contributed by atoms with E-state index in [-0.39, 0.29) is 11.9 Å². The molecule has 0 radical (unpaired) electrons. The topological polar surface area (TPSA) is 12.0 Å². The summed E-state index contributed by atoms with van der Waals surface area (Å²) < 4.78 is 13.9. The number of benzene rings is 2. The van der Waals surface area contributed by atoms with Crippen LogP contribution in [0.25, 0.3) is 0 Å². The van der Waals surface area contributed by atoms with Gasteiger partial charge in [0.2, 0.25) is 0 Å². The van der Waals surface area contributed by atoms with Crippen molar-refractivity contribution in [3.8, 4) is 0 Å². The fourth-order valence-electron chi connectivity index (χ4n) is 2.72. The van der Waals surface area contributed by atoms with E-state index in [2.05, 4.69) is 44.3 Å². The third-order valence-electron chi connectivity index (χ3n) is 3.67. The minimum atomic E-state index is -0.120. The van der Waals surface area contributed by atoms with Crippen LogP contribution < -0.4 is 5.32 Å². The Hall–Kier alpha value is -1.67. The molecule has 21 heavy (non-hydrogen) atoms. The van der Waals surface area contributed by atoms with Crippen molar-refractivity contribution in [2.75, 3.05) is 6.54 Å². The lowest BCUT2D eigenvalue weighted by Crippen LogP contribution is -2.24. The van der Waals surface area contributed by atoms with Crippen molar-refractivity contribution in [3.63, 3.8) is 0 Å². The second-order valence-corrected chi connectivity index (χ2v) is 5.72. The molecule has 1 N–H and O–H groups in total. The third kappa shape index (κ3) is 4.40. The average molecular weight is 285 g/mol. The van der Waals surface area contributed by atoms with E-state index in [1.165, 1.54) is 22.8 Å². The van der Waals surface area contributed by atoms with E-state index in [0.717, 1.165) is 18.5 Å². The maximum atomic E-state index is 13.9. The van der Waals surface area contributed by atoms with Crippen LogP contribution in [0.5, 0.6) is 0 Å². The lowest BCUT2D eigenvalue weighted by atomic mass is 9.95. The molecule has 1 unspecified atom stereocenters. The number of halogens is 1. The van der Waals surface area contributed by atoms with Gasteiger partial charge in [0, 0.05) is 6.04 Å². The lowest BCUT2D eigenvalue weighted by Gasteiger charge is -2.20. The number of aryl methyl sites for hydroxylation is 2. The number of rotatable bonds is 6. The molecule has 0 bridgehead atoms. The minimum absolute atomic E-state index is 0.120. The normalized spacial score (nSPS) is 12.4. The van der Waals surface area contributed by atoms with Crippen molar-refractivity contribution in [1.82, 2.24) is 5.32 Å². The van der Waals surface area contributed by atoms with Crippen LogP contribution >= 0.6 is 0 Å². The molecular formula is C19H24FN. The molecule has 112 valence electrons. The highest BCUT2D eigenvalue weighted by Gasteiger charge is 2.14. The first kappa shape index (κ1) is 15.7. The van der Waals surface area contributed by atoms with Crippen LogP contribution in [-0.4, -0.2) is 6.54 Å². The van der Waals surface area contributed by atoms with Crippen LogP contribution in [0.2, 0.25) is 0 Å². The Morgan fingerprint density at radius 3 is 2.33 bits per heavy atom. The lowest BCUT2D eigenvalue weighted by molar-refractivity contribution is 0.512. The van der Waals surface area contributed by atoms with Crippen LogP contribution in [0.3, 0.4) is 0 Å². The summed E-state index contributed by atoms with van der Waals surface area (Å²) in [6.07, 6.45) is 1.74. The van der Waals surface area contributed by atoms with Gasteiger partial charge in [0.1, 0.15) is 5.82 Å². The smallest absolute Gasteiger partial charge is 0.126 e. The SMILES string of the molecule is CCCNC(Cc1ccccc1F)c1cc(C)cc(C)c1. The van der Waals surface area contributed by atoms with E-state index in [0.29, 0.717) is 6.42 Å². The second-order valence-electron chi connectivity index (χ2n) is 5.72. The first-order valence-corrected chi connectivity index (χ1v) is 7.65. The molecule has 0 heterocycles. The van der Waals surface area contributed by atoms with E-state index >= 15 is 0 Å². The van der Waals surface area contributed by atoms with Crippen LogP contribution in [-0.2, 0) is 6.42 Å². The zero-order valence-electron chi connectivity index (χ0n) is 13.1. The maximum Gasteiger partial charge on any atom is 0.126 e. The summed E-state index contributed by atoms with van der Waals surface area (Å²) in [5.74, 6) is -0.120. The first-order valence-electron chi connectivity index (χ1n) is 7.65. The molecule has 2 rings (SSSR count). The van der Waals surface area contributed by atoms with Gasteiger partial charge < -0.3 is 5.32 Å². The van der Waals surface area contributed by atoms with Gasteiger partial charge in [0.05, 0.1) is 0 Å². The van der Waals surface area contributed by atoms with Gasteiger partial charge in [-0.2, -0.15) is 0 Å². The fourth-order valence-corrected chi connectivity index (χ4v) is 2.72. The Kier molecular flexibility index (Phi) is 5.51. The van der Waals surface area contributed by atoms with Crippen molar-refractivity contribution in [3.05, 3.63) is 70.5 Å². The van der Waals surface area contributed by atoms with Crippen molar-refractivity contribution in [2.24, 2.45) is 0 Å². The first-order chi connectivity index (χ1) is 10.1. The predicted octanol–water partition coefficient (Wildman–Crippen LogP) is 4.73. The maximum absolute atomic E-state index is 13.9. The Bertz CT molecular complexity index is 572. The second kappa shape index (κ2) is 7.37. The molecule has 0 amide bonds. The molecule has 0 aliphatic rings. The Morgan fingerprint density at radius 1 is 1.05 bits per heavy atom. The summed E-state index contributed by atoms with van der Waals surface area (Å²) in [6, 6.07) is 13.8. The van der Waals surface area contributed by atoms with E-state index in [9.17, 15) is 4.39 Å². The van der Waals surface area contributed by atoms with Gasteiger partial charge in [0.25, 0.3) is 0 Å². The Labute approximate surface area is 127 Å². The number of hydrogen-bond acceptors (Lipinski definition) is 1. The summed E-state index contributed by atoms with van der Waals surface area (Å²) in [4.78, 5) is 0. The van der Waals surface area contributed by atoms with Gasteiger partial charge in [-0.25, -0.2) is 4.39 Å². The summed E-state index contributed by atoms with van der Waals surface area (Å²) >= 11 is 0. The monoisotopic (exact) mass is 285 g/mol. The van der Waals surface area contributed by atoms with Gasteiger partial charge in [-0.15, -0.1) is 0 Å². The van der Waals surface area contributed by atoms with Crippen molar-refractivity contribution in [2.45, 2.75) is 39.7 Å². The third-order valence-corrected chi connectivity index (χ3v) is 3.67. The average Bonchev–Trinajstić information content (AvgIpc) is 2.44. The Balaban J connectivity index is 2.27. The highest BCUT2D eigenvalue weighted by Crippen LogP contribution is 2.22. The summed E-state index contributed by atoms with van der Waals surface area (Å²) in [5, 5.41) is 3.55. The fraction of sp³-hybridized carbons (Fsp3) is 0.368. The molecule has 2 aromatic rings. The van der Waals surface area contributed by atoms with Crippen molar-refractivity contribution in [1.29, 1.82) is 0 Å². The van der Waals surface area contributed by atoms with Crippen molar-refractivity contribution < 1.29 is 4.39 Å². The van der Waals surface area contributed by atoms with E-state index in [1.54, 1.807) is 6.07 Å². The van der Waals surface area contributed by atoms with Gasteiger partial charge in [0.15, 0.2) is 0 Å². The molecule has 0 aliphatic carbocycles. The van der Waals surface area contributed by atoms with Gasteiger partial charge in [-0.1, -0.05) is 54.4 Å². The van der Waals surface area contributed by atoms with E-state index in [1.807, 2.05) is 12.1 Å². The zero-order chi connectivity index (χ0) is 15.2. The molecule has 0 fully saturated rings. The minimum Gasteiger partial charge on any atom is -0.310 e. The summed E-state index contributed by atoms with van der Waals surface area (Å²) in [7, 11) is 0. The van der Waals surface area contributed by atoms with Gasteiger partial charge in [-0.05, 0) is 50.4 Å². The molecule has 0 saturated heterocycles. The summed E-state index contributed by atoms with van der Waals surface area (Å²) in [6.45, 7) is 7.30. The highest BCUT2D eigenvalue weighted by atomic mass is 19.1. The molecule has 0 spiro atoms. The van der Waals surface area contributed by atoms with E-state index < -0.39 is 0 Å². The number of nitrogens with one attached hydrogen (secondary N) is 1. The van der Waals surface area contributed by atoms with Crippen LogP contribution in [0.4, 0.5) is 4.39 Å². The predicted molar refractivity (Wildman–Crippen MR) is 87.1 cm³/mol. The van der Waals surface area contributed by atoms with Crippen LogP contribution in [0.1, 0.15) is 41.6 Å². The standard InChI is InChI=1S/C19H24FN/c1-4-9-21-19(13-16-7-5-6-8-18(16)20)17-11-14(2)10-15(3)12-17/h5-8,10-12,19,21H,4,9,13H2,1-3H3. The van der Waals surface area contributed by atoms with Crippen molar-refractivity contribution >= 4 is 0 Å². The van der Waals surface area contributed by atoms with Crippen LogP contribution in [0.15, 0.2) is 42.5 Å². The quantitative estimate of drug-likeness (QED) is 0.809. The van der Waals surface area contributed by atoms with Crippen LogP contribution in [0, 0.1) is 19.7 Å². The molecular weight excluding hydrogens is 261 g/mol. The molecule has 2 heteroatoms.